The molecule has 0 aliphatic carbocycles. The van der Waals surface area contributed by atoms with E-state index in [1.807, 2.05) is 0 Å². The molecule has 0 aromatic heterocycles. The van der Waals surface area contributed by atoms with Gasteiger partial charge in [-0.3, -0.25) is 4.79 Å². The Kier molecular flexibility index (Phi) is 7.23. The van der Waals surface area contributed by atoms with Crippen molar-refractivity contribution in [3.05, 3.63) is 58.6 Å². The number of hydrogen-bond acceptors (Lipinski definition) is 4. The minimum Gasteiger partial charge on any atom is -0.337 e. The zero-order valence-electron chi connectivity index (χ0n) is 17.5. The van der Waals surface area contributed by atoms with E-state index in [4.69, 9.17) is 11.6 Å². The molecule has 1 aliphatic rings. The number of urea groups is 1. The van der Waals surface area contributed by atoms with Crippen molar-refractivity contribution in [2.24, 2.45) is 0 Å². The van der Waals surface area contributed by atoms with Gasteiger partial charge in [-0.1, -0.05) is 17.7 Å². The average Bonchev–Trinajstić information content (AvgIpc) is 2.98. The van der Waals surface area contributed by atoms with E-state index in [-0.39, 0.29) is 34.3 Å². The van der Waals surface area contributed by atoms with Crippen molar-refractivity contribution < 1.29 is 31.2 Å². The van der Waals surface area contributed by atoms with E-state index in [0.29, 0.717) is 19.5 Å². The molecule has 0 unspecified atom stereocenters. The number of halogens is 4. The summed E-state index contributed by atoms with van der Waals surface area (Å²) in [5, 5.41) is 2.47. The first-order chi connectivity index (χ1) is 15.4. The van der Waals surface area contributed by atoms with Crippen molar-refractivity contribution >= 4 is 39.1 Å². The van der Waals surface area contributed by atoms with E-state index < -0.39 is 33.5 Å². The lowest BCUT2D eigenvalue weighted by Crippen LogP contribution is -2.39. The lowest BCUT2D eigenvalue weighted by Gasteiger charge is -2.23. The second-order valence-electron chi connectivity index (χ2n) is 7.56. The molecule has 7 nitrogen and oxygen atoms in total. The quantitative estimate of drug-likeness (QED) is 0.682. The van der Waals surface area contributed by atoms with Gasteiger partial charge in [-0.2, -0.15) is 13.2 Å². The van der Waals surface area contributed by atoms with E-state index in [1.165, 1.54) is 40.1 Å². The Morgan fingerprint density at radius 3 is 2.30 bits per heavy atom. The fourth-order valence-electron chi connectivity index (χ4n) is 3.37. The number of hydrogen-bond donors (Lipinski definition) is 1. The Bertz CT molecular complexity index is 1170. The standard InChI is InChI=1S/C21H21ClF3N3O4S/c1-33(31,32)16-6-7-17(18(22)13-16)19(29)27-8-3-9-28(11-10-27)20(30)26-15-5-2-4-14(12-15)21(23,24)25/h2,4-7,12-13H,3,8-11H2,1H3,(H,26,30). The summed E-state index contributed by atoms with van der Waals surface area (Å²) in [6.45, 7) is 0.972. The minimum absolute atomic E-state index is 0.00245. The van der Waals surface area contributed by atoms with Gasteiger partial charge >= 0.3 is 12.2 Å². The zero-order valence-corrected chi connectivity index (χ0v) is 19.1. The van der Waals surface area contributed by atoms with Crippen LogP contribution >= 0.6 is 11.6 Å². The van der Waals surface area contributed by atoms with Crippen molar-refractivity contribution in [3.63, 3.8) is 0 Å². The summed E-state index contributed by atoms with van der Waals surface area (Å²) in [6, 6.07) is 7.65. The van der Waals surface area contributed by atoms with Crippen LogP contribution in [-0.2, 0) is 16.0 Å². The normalized spacial score (nSPS) is 15.2. The molecule has 1 N–H and O–H groups in total. The highest BCUT2D eigenvalue weighted by Crippen LogP contribution is 2.30. The first-order valence-corrected chi connectivity index (χ1v) is 12.2. The maximum absolute atomic E-state index is 12.9. The van der Waals surface area contributed by atoms with E-state index in [0.717, 1.165) is 18.4 Å². The molecule has 0 bridgehead atoms. The van der Waals surface area contributed by atoms with Gasteiger partial charge in [0.2, 0.25) is 0 Å². The lowest BCUT2D eigenvalue weighted by molar-refractivity contribution is -0.137. The highest BCUT2D eigenvalue weighted by molar-refractivity contribution is 7.90. The van der Waals surface area contributed by atoms with Crippen LogP contribution in [0.25, 0.3) is 0 Å². The fourth-order valence-corrected chi connectivity index (χ4v) is 4.34. The maximum Gasteiger partial charge on any atom is 0.416 e. The SMILES string of the molecule is CS(=O)(=O)c1ccc(C(=O)N2CCCN(C(=O)Nc3cccc(C(F)(F)F)c3)CC2)c(Cl)c1. The molecule has 1 fully saturated rings. The van der Waals surface area contributed by atoms with Crippen LogP contribution in [0.3, 0.4) is 0 Å². The Morgan fingerprint density at radius 1 is 1.00 bits per heavy atom. The summed E-state index contributed by atoms with van der Waals surface area (Å²) < 4.78 is 62.0. The number of alkyl halides is 3. The topological polar surface area (TPSA) is 86.8 Å². The molecule has 0 radical (unpaired) electrons. The van der Waals surface area contributed by atoms with Crippen LogP contribution in [0, 0.1) is 0 Å². The van der Waals surface area contributed by atoms with Crippen LogP contribution in [0.15, 0.2) is 47.4 Å². The molecule has 0 atom stereocenters. The number of sulfone groups is 1. The monoisotopic (exact) mass is 503 g/mol. The summed E-state index contributed by atoms with van der Waals surface area (Å²) in [4.78, 5) is 28.4. The molecular weight excluding hydrogens is 483 g/mol. The highest BCUT2D eigenvalue weighted by atomic mass is 35.5. The second-order valence-corrected chi connectivity index (χ2v) is 9.98. The summed E-state index contributed by atoms with van der Waals surface area (Å²) in [6.07, 6.45) is -3.04. The van der Waals surface area contributed by atoms with Gasteiger partial charge in [-0.15, -0.1) is 0 Å². The molecule has 33 heavy (non-hydrogen) atoms. The van der Waals surface area contributed by atoms with Gasteiger partial charge in [0, 0.05) is 38.1 Å². The van der Waals surface area contributed by atoms with Gasteiger partial charge in [-0.05, 0) is 42.8 Å². The number of anilines is 1. The van der Waals surface area contributed by atoms with Gasteiger partial charge in [0.1, 0.15) is 0 Å². The Hall–Kier alpha value is -2.79. The van der Waals surface area contributed by atoms with E-state index in [9.17, 15) is 31.2 Å². The van der Waals surface area contributed by atoms with E-state index >= 15 is 0 Å². The number of nitrogens with zero attached hydrogens (tertiary/aromatic N) is 2. The van der Waals surface area contributed by atoms with Crippen molar-refractivity contribution in [3.8, 4) is 0 Å². The molecule has 2 aromatic carbocycles. The fraction of sp³-hybridized carbons (Fsp3) is 0.333. The van der Waals surface area contributed by atoms with Crippen LogP contribution in [0.2, 0.25) is 5.02 Å². The summed E-state index contributed by atoms with van der Waals surface area (Å²) >= 11 is 6.14. The molecule has 3 rings (SSSR count). The van der Waals surface area contributed by atoms with Crippen LogP contribution in [0.5, 0.6) is 0 Å². The molecule has 0 spiro atoms. The van der Waals surface area contributed by atoms with Crippen LogP contribution < -0.4 is 5.32 Å². The molecule has 1 aliphatic heterocycles. The zero-order chi connectivity index (χ0) is 24.4. The number of carbonyl (C=O) groups excluding carboxylic acids is 2. The van der Waals surface area contributed by atoms with Crippen LogP contribution in [0.4, 0.5) is 23.7 Å². The molecule has 0 saturated carbocycles. The number of benzene rings is 2. The first kappa shape index (κ1) is 24.8. The predicted octanol–water partition coefficient (Wildman–Crippen LogP) is 4.14. The number of rotatable bonds is 3. The minimum atomic E-state index is -4.52. The van der Waals surface area contributed by atoms with Gasteiger partial charge in [0.25, 0.3) is 5.91 Å². The Labute approximate surface area is 194 Å². The van der Waals surface area contributed by atoms with Crippen LogP contribution in [-0.4, -0.2) is 62.6 Å². The maximum atomic E-state index is 12.9. The van der Waals surface area contributed by atoms with E-state index in [1.54, 1.807) is 0 Å². The lowest BCUT2D eigenvalue weighted by atomic mass is 10.2. The summed E-state index contributed by atoms with van der Waals surface area (Å²) in [7, 11) is -3.47. The molecule has 1 heterocycles. The number of carbonyl (C=O) groups is 2. The third-order valence-corrected chi connectivity index (χ3v) is 6.53. The number of nitrogens with one attached hydrogen (secondary N) is 1. The number of amides is 3. The highest BCUT2D eigenvalue weighted by Gasteiger charge is 2.31. The Balaban J connectivity index is 1.66. The van der Waals surface area contributed by atoms with Gasteiger partial charge in [0.15, 0.2) is 9.84 Å². The molecule has 1 saturated heterocycles. The first-order valence-electron chi connectivity index (χ1n) is 9.88. The summed E-state index contributed by atoms with van der Waals surface area (Å²) in [5.41, 5.74) is -0.706. The molecule has 12 heteroatoms. The Morgan fingerprint density at radius 2 is 1.67 bits per heavy atom. The van der Waals surface area contributed by atoms with Crippen molar-refractivity contribution in [2.45, 2.75) is 17.5 Å². The van der Waals surface area contributed by atoms with Crippen molar-refractivity contribution in [2.75, 3.05) is 37.8 Å². The van der Waals surface area contributed by atoms with E-state index in [2.05, 4.69) is 5.32 Å². The molecule has 178 valence electrons. The summed E-state index contributed by atoms with van der Waals surface area (Å²) in [5.74, 6) is -0.403. The third kappa shape index (κ3) is 6.17. The van der Waals surface area contributed by atoms with Crippen molar-refractivity contribution in [1.29, 1.82) is 0 Å². The van der Waals surface area contributed by atoms with Gasteiger partial charge in [0.05, 0.1) is 21.0 Å². The third-order valence-electron chi connectivity index (χ3n) is 5.11. The molecule has 3 amide bonds. The second kappa shape index (κ2) is 9.60. The predicted molar refractivity (Wildman–Crippen MR) is 117 cm³/mol. The smallest absolute Gasteiger partial charge is 0.337 e. The molecule has 2 aromatic rings. The average molecular weight is 504 g/mol. The largest absolute Gasteiger partial charge is 0.416 e. The van der Waals surface area contributed by atoms with Crippen LogP contribution in [0.1, 0.15) is 22.3 Å². The molecular formula is C21H21ClF3N3O4S. The van der Waals surface area contributed by atoms with Gasteiger partial charge < -0.3 is 15.1 Å². The van der Waals surface area contributed by atoms with Crippen molar-refractivity contribution in [1.82, 2.24) is 9.80 Å². The van der Waals surface area contributed by atoms with Gasteiger partial charge in [-0.25, -0.2) is 13.2 Å².